The van der Waals surface area contributed by atoms with Crippen LogP contribution in [0.2, 0.25) is 0 Å². The Hall–Kier alpha value is 2.87. The van der Waals surface area contributed by atoms with Crippen molar-refractivity contribution >= 4 is 47.8 Å². The fourth-order valence-corrected chi connectivity index (χ4v) is 0. The molecule has 0 aromatic rings. The molecule has 56 valence electrons. The molecule has 0 aromatic carbocycles. The van der Waals surface area contributed by atoms with Gasteiger partial charge in [-0.15, -0.1) is 0 Å². The fourth-order valence-electron chi connectivity index (χ4n) is 0. The van der Waals surface area contributed by atoms with Gasteiger partial charge in [0.05, 0.1) is 4.24 Å². The molecule has 0 unspecified atom stereocenters. The molecule has 0 aliphatic rings. The average Bonchev–Trinajstić information content (AvgIpc) is 1.39. The molecule has 0 aliphatic carbocycles. The SMILES string of the molecule is BrCBr.F.[18F-].[18F]CBr.[K+]. The maximum Gasteiger partial charge on any atom is 1.00 e. The molecule has 0 spiro atoms. The van der Waals surface area contributed by atoms with Crippen LogP contribution in [0.1, 0.15) is 0 Å². The van der Waals surface area contributed by atoms with Crippen molar-refractivity contribution in [3.05, 3.63) is 0 Å². The van der Waals surface area contributed by atoms with Gasteiger partial charge in [0.15, 0.2) is 0 Å². The first-order valence-corrected chi connectivity index (χ1v) is 4.43. The van der Waals surface area contributed by atoms with E-state index < -0.39 is 5.58 Å². The number of hydrogen-bond donors (Lipinski definition) is 0. The number of rotatable bonds is 0. The number of halogens is 6. The fraction of sp³-hybridized carbons (Fsp3) is 1.00. The third-order valence-corrected chi connectivity index (χ3v) is 0. The van der Waals surface area contributed by atoms with Crippen LogP contribution in [0.15, 0.2) is 0 Å². The Kier molecular flexibility index (Phi) is 147. The van der Waals surface area contributed by atoms with Gasteiger partial charge in [0.1, 0.15) is 5.58 Å². The zero-order valence-corrected chi connectivity index (χ0v) is 12.6. The standard InChI is InChI=1S/CH2Br2.CH2BrF.2FH.K/c2*2-1-3;;;/h2*1H2;2*1H;/q;;;;+1/p-1/i;3-1;1-1;;. The molecule has 0 aromatic heterocycles. The van der Waals surface area contributed by atoms with E-state index in [0.29, 0.717) is 0 Å². The molecule has 7 heteroatoms. The summed E-state index contributed by atoms with van der Waals surface area (Å²) in [5.74, 6) is 0. The predicted octanol–water partition coefficient (Wildman–Crippen LogP) is -2.80. The summed E-state index contributed by atoms with van der Waals surface area (Å²) in [5.41, 5.74) is -0.438. The van der Waals surface area contributed by atoms with E-state index in [2.05, 4.69) is 47.8 Å². The summed E-state index contributed by atoms with van der Waals surface area (Å²) < 4.78 is 11.1. The zero-order chi connectivity index (χ0) is 5.41. The summed E-state index contributed by atoms with van der Waals surface area (Å²) in [5, 5.41) is 0. The molecule has 0 atom stereocenters. The summed E-state index contributed by atoms with van der Waals surface area (Å²) >= 11 is 8.60. The normalized spacial score (nSPS) is 4.00. The van der Waals surface area contributed by atoms with E-state index in [1.54, 1.807) is 0 Å². The van der Waals surface area contributed by atoms with E-state index in [-0.39, 0.29) is 60.8 Å². The van der Waals surface area contributed by atoms with Crippen LogP contribution in [0, 0.1) is 0 Å². The number of alkyl halides is 4. The maximum absolute atomic E-state index is 10.2. The van der Waals surface area contributed by atoms with Gasteiger partial charge in [-0.3, -0.25) is 4.70 Å². The number of hydrogen-bond acceptors (Lipinski definition) is 0. The van der Waals surface area contributed by atoms with Crippen LogP contribution in [0.4, 0.5) is 9.09 Å². The molecule has 0 amide bonds. The Labute approximate surface area is 120 Å². The van der Waals surface area contributed by atoms with E-state index in [9.17, 15) is 4.39 Å². The predicted molar refractivity (Wildman–Crippen MR) is 40.1 cm³/mol. The van der Waals surface area contributed by atoms with Gasteiger partial charge in [0.2, 0.25) is 0 Å². The van der Waals surface area contributed by atoms with Crippen molar-refractivity contribution < 1.29 is 65.2 Å². The summed E-state index contributed by atoms with van der Waals surface area (Å²) in [7, 11) is 0. The molecule has 9 heavy (non-hydrogen) atoms. The van der Waals surface area contributed by atoms with Crippen molar-refractivity contribution in [2.24, 2.45) is 0 Å². The molecular weight excluding hydrogens is 358 g/mol. The Morgan fingerprint density at radius 3 is 1.11 bits per heavy atom. The van der Waals surface area contributed by atoms with Crippen molar-refractivity contribution in [2.45, 2.75) is 0 Å². The second-order valence-electron chi connectivity index (χ2n) is 0.202. The summed E-state index contributed by atoms with van der Waals surface area (Å²) in [4.78, 5) is 0. The van der Waals surface area contributed by atoms with Gasteiger partial charge in [-0.25, -0.2) is 4.39 Å². The molecule has 0 fully saturated rings. The van der Waals surface area contributed by atoms with Gasteiger partial charge in [-0.05, 0) is 0 Å². The molecule has 0 saturated carbocycles. The van der Waals surface area contributed by atoms with Crippen LogP contribution >= 0.6 is 47.8 Å². The van der Waals surface area contributed by atoms with Crippen LogP contribution in [-0.2, 0) is 0 Å². The molecule has 0 heterocycles. The Bertz CT molecular complexity index is 19.0. The molecule has 0 radical (unpaired) electrons. The molecular formula is C2H5Br3F3K. The van der Waals surface area contributed by atoms with E-state index in [1.165, 1.54) is 0 Å². The Morgan fingerprint density at radius 2 is 1.11 bits per heavy atom. The topological polar surface area (TPSA) is 0 Å². The molecule has 0 rings (SSSR count). The second-order valence-corrected chi connectivity index (χ2v) is 3.25. The van der Waals surface area contributed by atoms with E-state index in [1.807, 2.05) is 0 Å². The van der Waals surface area contributed by atoms with E-state index >= 15 is 0 Å². The average molecular weight is 363 g/mol. The van der Waals surface area contributed by atoms with Crippen LogP contribution in [-0.4, -0.2) is 9.82 Å². The van der Waals surface area contributed by atoms with Crippen molar-refractivity contribution in [3.63, 3.8) is 0 Å². The summed E-state index contributed by atoms with van der Waals surface area (Å²) in [6, 6.07) is 0. The first-order valence-electron chi connectivity index (χ1n) is 1.07. The summed E-state index contributed by atoms with van der Waals surface area (Å²) in [6.45, 7) is 0. The van der Waals surface area contributed by atoms with Crippen LogP contribution in [0.25, 0.3) is 0 Å². The smallest absolute Gasteiger partial charge is 1.00 e. The van der Waals surface area contributed by atoms with Crippen LogP contribution in [0.3, 0.4) is 0 Å². The zero-order valence-electron chi connectivity index (χ0n) is 4.71. The first kappa shape index (κ1) is 29.7. The van der Waals surface area contributed by atoms with Gasteiger partial charge >= 0.3 is 51.4 Å². The quantitative estimate of drug-likeness (QED) is 0.323. The molecule has 0 aliphatic heterocycles. The van der Waals surface area contributed by atoms with E-state index in [4.69, 9.17) is 0 Å². The maximum atomic E-state index is 10.2. The van der Waals surface area contributed by atoms with Crippen molar-refractivity contribution in [1.29, 1.82) is 0 Å². The third kappa shape index (κ3) is 104. The van der Waals surface area contributed by atoms with Gasteiger partial charge in [0.25, 0.3) is 0 Å². The van der Waals surface area contributed by atoms with Crippen molar-refractivity contribution in [1.82, 2.24) is 0 Å². The third-order valence-electron chi connectivity index (χ3n) is 0. The van der Waals surface area contributed by atoms with Gasteiger partial charge in [0, 0.05) is 0 Å². The van der Waals surface area contributed by atoms with Gasteiger partial charge in [-0.1, -0.05) is 47.8 Å². The summed E-state index contributed by atoms with van der Waals surface area (Å²) in [6.07, 6.45) is 0. The monoisotopic (exact) mass is 360 g/mol. The largest absolute Gasteiger partial charge is 1.00 e. The molecule has 0 N–H and O–H groups in total. The van der Waals surface area contributed by atoms with Gasteiger partial charge < -0.3 is 4.70 Å². The minimum Gasteiger partial charge on any atom is -1.00 e. The minimum atomic E-state index is -0.438. The molecule has 0 bridgehead atoms. The Morgan fingerprint density at radius 1 is 1.11 bits per heavy atom. The minimum absolute atomic E-state index is 0. The van der Waals surface area contributed by atoms with Crippen LogP contribution in [0.5, 0.6) is 0 Å². The second kappa shape index (κ2) is 44.7. The van der Waals surface area contributed by atoms with Crippen molar-refractivity contribution in [2.75, 3.05) is 9.82 Å². The van der Waals surface area contributed by atoms with Crippen LogP contribution < -0.4 is 56.1 Å². The molecule has 0 saturated heterocycles. The van der Waals surface area contributed by atoms with E-state index in [0.717, 1.165) is 4.24 Å². The first-order chi connectivity index (χ1) is 2.83. The Balaban J connectivity index is -0.00000000889. The van der Waals surface area contributed by atoms with Crippen molar-refractivity contribution in [3.8, 4) is 0 Å². The van der Waals surface area contributed by atoms with Gasteiger partial charge in [-0.2, -0.15) is 0 Å². The molecule has 0 nitrogen and oxygen atoms in total.